The number of anilines is 1. The molecule has 0 aliphatic carbocycles. The lowest BCUT2D eigenvalue weighted by molar-refractivity contribution is -0.140. The van der Waals surface area contributed by atoms with Crippen LogP contribution in [0.25, 0.3) is 0 Å². The first-order valence-electron chi connectivity index (χ1n) is 7.02. The van der Waals surface area contributed by atoms with Crippen LogP contribution in [0.1, 0.15) is 17.0 Å². The van der Waals surface area contributed by atoms with E-state index in [4.69, 9.17) is 11.6 Å². The van der Waals surface area contributed by atoms with Crippen molar-refractivity contribution in [3.8, 4) is 0 Å². The fourth-order valence-electron chi connectivity index (χ4n) is 2.47. The molecular formula is C17H13ClN2O3. The molecule has 1 aliphatic heterocycles. The van der Waals surface area contributed by atoms with Crippen molar-refractivity contribution >= 4 is 34.9 Å². The lowest BCUT2D eigenvalue weighted by Crippen LogP contribution is -2.36. The molecule has 1 heterocycles. The molecule has 3 rings (SSSR count). The third kappa shape index (κ3) is 3.10. The zero-order chi connectivity index (χ0) is 16.4. The molecule has 0 spiro atoms. The van der Waals surface area contributed by atoms with Crippen molar-refractivity contribution in [3.63, 3.8) is 0 Å². The number of hydrogen-bond acceptors (Lipinski definition) is 3. The summed E-state index contributed by atoms with van der Waals surface area (Å²) in [4.78, 5) is 36.3. The van der Waals surface area contributed by atoms with Crippen LogP contribution in [0.15, 0.2) is 48.5 Å². The number of rotatable bonds is 4. The topological polar surface area (TPSA) is 75.3 Å². The van der Waals surface area contributed by atoms with E-state index in [0.29, 0.717) is 16.3 Å². The number of carbonyl (C=O) groups is 3. The van der Waals surface area contributed by atoms with Crippen molar-refractivity contribution in [3.05, 3.63) is 64.7 Å². The van der Waals surface area contributed by atoms with Crippen molar-refractivity contribution in [2.75, 3.05) is 5.32 Å². The Balaban J connectivity index is 1.69. The second-order valence-electron chi connectivity index (χ2n) is 5.18. The average Bonchev–Trinajstić information content (AvgIpc) is 2.89. The Hall–Kier alpha value is -2.66. The number of benzene rings is 2. The number of fused-ring (bicyclic) bond motifs is 1. The van der Waals surface area contributed by atoms with Crippen molar-refractivity contribution < 1.29 is 14.4 Å². The number of nitrogens with one attached hydrogen (secondary N) is 2. The minimum absolute atomic E-state index is 0.192. The molecule has 0 saturated carbocycles. The van der Waals surface area contributed by atoms with Crippen molar-refractivity contribution in [2.24, 2.45) is 0 Å². The highest BCUT2D eigenvalue weighted by atomic mass is 35.5. The van der Waals surface area contributed by atoms with E-state index in [2.05, 4.69) is 10.6 Å². The van der Waals surface area contributed by atoms with Gasteiger partial charge in [0.25, 0.3) is 5.91 Å². The van der Waals surface area contributed by atoms with E-state index >= 15 is 0 Å². The molecule has 0 bridgehead atoms. The second-order valence-corrected chi connectivity index (χ2v) is 5.62. The van der Waals surface area contributed by atoms with Crippen LogP contribution in [0, 0.1) is 0 Å². The van der Waals surface area contributed by atoms with Gasteiger partial charge in [-0.25, -0.2) is 0 Å². The predicted molar refractivity (Wildman–Crippen MR) is 86.1 cm³/mol. The summed E-state index contributed by atoms with van der Waals surface area (Å²) >= 11 is 5.79. The third-order valence-electron chi connectivity index (χ3n) is 3.64. The van der Waals surface area contributed by atoms with Gasteiger partial charge in [0.2, 0.25) is 11.7 Å². The van der Waals surface area contributed by atoms with Crippen molar-refractivity contribution in [1.82, 2.24) is 5.32 Å². The summed E-state index contributed by atoms with van der Waals surface area (Å²) in [5.41, 5.74) is 1.91. The number of ketones is 1. The van der Waals surface area contributed by atoms with E-state index in [1.165, 1.54) is 0 Å². The predicted octanol–water partition coefficient (Wildman–Crippen LogP) is 2.26. The number of Topliss-reactive ketones (excluding diaryl/α,β-unsaturated/α-hetero) is 1. The molecule has 0 unspecified atom stereocenters. The van der Waals surface area contributed by atoms with Gasteiger partial charge in [-0.15, -0.1) is 0 Å². The molecule has 2 N–H and O–H groups in total. The number of carbonyl (C=O) groups excluding carboxylic acids is 3. The van der Waals surface area contributed by atoms with Gasteiger partial charge >= 0.3 is 0 Å². The summed E-state index contributed by atoms with van der Waals surface area (Å²) in [6.07, 6.45) is 0. The fourth-order valence-corrected chi connectivity index (χ4v) is 2.60. The van der Waals surface area contributed by atoms with Crippen molar-refractivity contribution in [2.45, 2.75) is 12.5 Å². The van der Waals surface area contributed by atoms with Crippen LogP contribution in [0.5, 0.6) is 0 Å². The molecule has 2 aromatic rings. The van der Waals surface area contributed by atoms with Gasteiger partial charge in [0.15, 0.2) is 0 Å². The maximum atomic E-state index is 12.3. The Morgan fingerprint density at radius 1 is 1.09 bits per heavy atom. The highest BCUT2D eigenvalue weighted by molar-refractivity contribution is 6.44. The third-order valence-corrected chi connectivity index (χ3v) is 3.90. The van der Waals surface area contributed by atoms with Gasteiger partial charge in [-0.1, -0.05) is 41.9 Å². The quantitative estimate of drug-likeness (QED) is 0.667. The number of para-hydroxylation sites is 1. The van der Waals surface area contributed by atoms with E-state index in [-0.39, 0.29) is 6.54 Å². The molecule has 0 radical (unpaired) electrons. The maximum Gasteiger partial charge on any atom is 0.288 e. The monoisotopic (exact) mass is 328 g/mol. The van der Waals surface area contributed by atoms with E-state index in [0.717, 1.165) is 5.56 Å². The summed E-state index contributed by atoms with van der Waals surface area (Å²) in [5.74, 6) is -3.10. The molecule has 0 saturated heterocycles. The molecule has 2 amide bonds. The van der Waals surface area contributed by atoms with Crippen LogP contribution >= 0.6 is 11.6 Å². The highest BCUT2D eigenvalue weighted by Crippen LogP contribution is 2.32. The first-order valence-corrected chi connectivity index (χ1v) is 7.40. The van der Waals surface area contributed by atoms with Crippen LogP contribution in [0.3, 0.4) is 0 Å². The SMILES string of the molecule is O=C(NCc1ccc(Cl)cc1)C(=O)[C@H]1C(=O)Nc2ccccc21. The Bertz CT molecular complexity index is 787. The Morgan fingerprint density at radius 3 is 2.52 bits per heavy atom. The van der Waals surface area contributed by atoms with Gasteiger partial charge < -0.3 is 10.6 Å². The molecule has 23 heavy (non-hydrogen) atoms. The van der Waals surface area contributed by atoms with Crippen LogP contribution < -0.4 is 10.6 Å². The fraction of sp³-hybridized carbons (Fsp3) is 0.118. The molecule has 6 heteroatoms. The number of amides is 2. The van der Waals surface area contributed by atoms with Gasteiger partial charge in [0.05, 0.1) is 0 Å². The Morgan fingerprint density at radius 2 is 1.78 bits per heavy atom. The first-order chi connectivity index (χ1) is 11.1. The summed E-state index contributed by atoms with van der Waals surface area (Å²) in [6.45, 7) is 0.192. The molecule has 0 fully saturated rings. The summed E-state index contributed by atoms with van der Waals surface area (Å²) in [6, 6.07) is 13.8. The Labute approximate surface area is 137 Å². The summed E-state index contributed by atoms with van der Waals surface area (Å²) in [5, 5.41) is 5.74. The van der Waals surface area contributed by atoms with Gasteiger partial charge in [-0.3, -0.25) is 14.4 Å². The summed E-state index contributed by atoms with van der Waals surface area (Å²) < 4.78 is 0. The smallest absolute Gasteiger partial charge is 0.288 e. The lowest BCUT2D eigenvalue weighted by Gasteiger charge is -2.09. The molecule has 116 valence electrons. The molecular weight excluding hydrogens is 316 g/mol. The standard InChI is InChI=1S/C17H13ClN2O3/c18-11-7-5-10(6-8-11)9-19-17(23)15(21)14-12-3-1-2-4-13(12)20-16(14)22/h1-8,14H,9H2,(H,19,23)(H,20,22)/t14-/m0/s1. The highest BCUT2D eigenvalue weighted by Gasteiger charge is 2.39. The summed E-state index contributed by atoms with van der Waals surface area (Å²) in [7, 11) is 0. The minimum atomic E-state index is -1.09. The van der Waals surface area contributed by atoms with E-state index in [9.17, 15) is 14.4 Å². The maximum absolute atomic E-state index is 12.3. The van der Waals surface area contributed by atoms with Gasteiger partial charge in [0, 0.05) is 17.3 Å². The normalized spacial score (nSPS) is 15.7. The molecule has 2 aromatic carbocycles. The van der Waals surface area contributed by atoms with E-state index < -0.39 is 23.5 Å². The average molecular weight is 329 g/mol. The lowest BCUT2D eigenvalue weighted by atomic mass is 9.95. The van der Waals surface area contributed by atoms with E-state index in [1.54, 1.807) is 48.5 Å². The zero-order valence-corrected chi connectivity index (χ0v) is 12.8. The van der Waals surface area contributed by atoms with Crippen LogP contribution in [-0.4, -0.2) is 17.6 Å². The van der Waals surface area contributed by atoms with E-state index in [1.807, 2.05) is 0 Å². The van der Waals surface area contributed by atoms with Crippen LogP contribution in [0.4, 0.5) is 5.69 Å². The largest absolute Gasteiger partial charge is 0.345 e. The van der Waals surface area contributed by atoms with Gasteiger partial charge in [-0.2, -0.15) is 0 Å². The Kier molecular flexibility index (Phi) is 4.12. The number of halogens is 1. The molecule has 1 aliphatic rings. The van der Waals surface area contributed by atoms with Gasteiger partial charge in [-0.05, 0) is 29.3 Å². The van der Waals surface area contributed by atoms with Crippen LogP contribution in [-0.2, 0) is 20.9 Å². The second kappa shape index (κ2) is 6.22. The zero-order valence-electron chi connectivity index (χ0n) is 12.0. The van der Waals surface area contributed by atoms with Crippen molar-refractivity contribution in [1.29, 1.82) is 0 Å². The molecule has 0 aromatic heterocycles. The van der Waals surface area contributed by atoms with Gasteiger partial charge in [0.1, 0.15) is 5.92 Å². The molecule has 5 nitrogen and oxygen atoms in total. The molecule has 1 atom stereocenters. The minimum Gasteiger partial charge on any atom is -0.345 e. The van der Waals surface area contributed by atoms with Crippen LogP contribution in [0.2, 0.25) is 5.02 Å². The number of hydrogen-bond donors (Lipinski definition) is 2. The first kappa shape index (κ1) is 15.2.